The van der Waals surface area contributed by atoms with Crippen molar-refractivity contribution >= 4 is 59.4 Å². The van der Waals surface area contributed by atoms with Gasteiger partial charge in [-0.3, -0.25) is 4.79 Å². The van der Waals surface area contributed by atoms with Crippen LogP contribution in [0.4, 0.5) is 10.1 Å². The summed E-state index contributed by atoms with van der Waals surface area (Å²) in [5.74, 6) is -0.849. The molecule has 98 valence electrons. The first-order valence-corrected chi connectivity index (χ1v) is 7.57. The van der Waals surface area contributed by atoms with Gasteiger partial charge < -0.3 is 5.32 Å². The van der Waals surface area contributed by atoms with Gasteiger partial charge >= 0.3 is 0 Å². The Hall–Kier alpha value is -0.720. The zero-order chi connectivity index (χ0) is 14.0. The zero-order valence-electron chi connectivity index (χ0n) is 9.38. The molecule has 0 atom stereocenters. The zero-order valence-corrected chi connectivity index (χ0v) is 14.1. The summed E-state index contributed by atoms with van der Waals surface area (Å²) in [6, 6.07) is 9.42. The summed E-state index contributed by atoms with van der Waals surface area (Å²) in [5, 5.41) is 2.73. The predicted molar refractivity (Wildman–Crippen MR) is 83.9 cm³/mol. The molecule has 0 saturated heterocycles. The van der Waals surface area contributed by atoms with Gasteiger partial charge in [0.15, 0.2) is 0 Å². The topological polar surface area (TPSA) is 29.1 Å². The standard InChI is InChI=1S/C13H7Br3FNO/c14-9-5-4-7(17)6-8(9)13(19)18-12-10(15)2-1-3-11(12)16/h1-6H,(H,18,19). The van der Waals surface area contributed by atoms with Crippen LogP contribution >= 0.6 is 47.8 Å². The highest BCUT2D eigenvalue weighted by molar-refractivity contribution is 9.11. The number of halogens is 4. The van der Waals surface area contributed by atoms with Gasteiger partial charge in [0.2, 0.25) is 0 Å². The lowest BCUT2D eigenvalue weighted by Gasteiger charge is -2.10. The summed E-state index contributed by atoms with van der Waals surface area (Å²) in [4.78, 5) is 12.1. The maximum Gasteiger partial charge on any atom is 0.256 e. The van der Waals surface area contributed by atoms with E-state index in [4.69, 9.17) is 0 Å². The summed E-state index contributed by atoms with van der Waals surface area (Å²) in [7, 11) is 0. The Bertz CT molecular complexity index is 626. The summed E-state index contributed by atoms with van der Waals surface area (Å²) in [6.45, 7) is 0. The van der Waals surface area contributed by atoms with E-state index in [2.05, 4.69) is 53.1 Å². The van der Waals surface area contributed by atoms with Gasteiger partial charge in [0.05, 0.1) is 11.3 Å². The smallest absolute Gasteiger partial charge is 0.256 e. The van der Waals surface area contributed by atoms with E-state index in [0.717, 1.165) is 8.95 Å². The molecule has 0 fully saturated rings. The van der Waals surface area contributed by atoms with E-state index >= 15 is 0 Å². The van der Waals surface area contributed by atoms with Crippen molar-refractivity contribution in [3.8, 4) is 0 Å². The summed E-state index contributed by atoms with van der Waals surface area (Å²) in [5.41, 5.74) is 0.839. The number of para-hydroxylation sites is 1. The van der Waals surface area contributed by atoms with Gasteiger partial charge in [0, 0.05) is 13.4 Å². The van der Waals surface area contributed by atoms with Gasteiger partial charge in [0.1, 0.15) is 5.82 Å². The van der Waals surface area contributed by atoms with E-state index in [1.807, 2.05) is 6.07 Å². The monoisotopic (exact) mass is 449 g/mol. The van der Waals surface area contributed by atoms with Crippen LogP contribution in [0.1, 0.15) is 10.4 Å². The predicted octanol–water partition coefficient (Wildman–Crippen LogP) is 5.37. The third kappa shape index (κ3) is 3.43. The van der Waals surface area contributed by atoms with Crippen LogP contribution in [0, 0.1) is 5.82 Å². The lowest BCUT2D eigenvalue weighted by Crippen LogP contribution is -2.13. The van der Waals surface area contributed by atoms with Crippen LogP contribution < -0.4 is 5.32 Å². The Morgan fingerprint density at radius 2 is 1.63 bits per heavy atom. The third-order valence-corrected chi connectivity index (χ3v) is 4.39. The van der Waals surface area contributed by atoms with Crippen LogP contribution in [0.25, 0.3) is 0 Å². The fourth-order valence-electron chi connectivity index (χ4n) is 1.47. The highest BCUT2D eigenvalue weighted by atomic mass is 79.9. The molecule has 2 rings (SSSR count). The maximum atomic E-state index is 13.2. The highest BCUT2D eigenvalue weighted by Crippen LogP contribution is 2.31. The van der Waals surface area contributed by atoms with Crippen molar-refractivity contribution in [2.24, 2.45) is 0 Å². The molecule has 19 heavy (non-hydrogen) atoms. The molecule has 2 nitrogen and oxygen atoms in total. The molecule has 0 bridgehead atoms. The molecule has 1 N–H and O–H groups in total. The Kier molecular flexibility index (Phi) is 4.76. The SMILES string of the molecule is O=C(Nc1c(Br)cccc1Br)c1cc(F)ccc1Br. The molecular formula is C13H7Br3FNO. The molecule has 0 unspecified atom stereocenters. The van der Waals surface area contributed by atoms with Crippen molar-refractivity contribution in [1.82, 2.24) is 0 Å². The van der Waals surface area contributed by atoms with Crippen LogP contribution in [0.3, 0.4) is 0 Å². The maximum absolute atomic E-state index is 13.2. The number of carbonyl (C=O) groups is 1. The molecule has 6 heteroatoms. The molecule has 0 saturated carbocycles. The Labute approximate surface area is 134 Å². The van der Waals surface area contributed by atoms with Crippen molar-refractivity contribution in [2.45, 2.75) is 0 Å². The summed E-state index contributed by atoms with van der Waals surface area (Å²) >= 11 is 9.93. The second-order valence-electron chi connectivity index (χ2n) is 3.67. The lowest BCUT2D eigenvalue weighted by atomic mass is 10.2. The second kappa shape index (κ2) is 6.15. The van der Waals surface area contributed by atoms with Gasteiger partial charge in [-0.15, -0.1) is 0 Å². The summed E-state index contributed by atoms with van der Waals surface area (Å²) < 4.78 is 15.2. The van der Waals surface area contributed by atoms with Crippen LogP contribution in [0.15, 0.2) is 49.8 Å². The van der Waals surface area contributed by atoms with Crippen molar-refractivity contribution in [2.75, 3.05) is 5.32 Å². The van der Waals surface area contributed by atoms with Crippen LogP contribution in [-0.4, -0.2) is 5.91 Å². The fraction of sp³-hybridized carbons (Fsp3) is 0. The van der Waals surface area contributed by atoms with E-state index in [0.29, 0.717) is 10.2 Å². The van der Waals surface area contributed by atoms with Gasteiger partial charge in [-0.25, -0.2) is 4.39 Å². The van der Waals surface area contributed by atoms with Gasteiger partial charge in [-0.2, -0.15) is 0 Å². The number of benzene rings is 2. The quantitative estimate of drug-likeness (QED) is 0.653. The van der Waals surface area contributed by atoms with Crippen LogP contribution in [0.2, 0.25) is 0 Å². The Morgan fingerprint density at radius 1 is 1.00 bits per heavy atom. The Balaban J connectivity index is 2.34. The van der Waals surface area contributed by atoms with Crippen molar-refractivity contribution in [3.63, 3.8) is 0 Å². The molecule has 1 amide bonds. The third-order valence-electron chi connectivity index (χ3n) is 2.37. The van der Waals surface area contributed by atoms with E-state index in [-0.39, 0.29) is 11.5 Å². The number of hydrogen-bond acceptors (Lipinski definition) is 1. The van der Waals surface area contributed by atoms with Gasteiger partial charge in [-0.1, -0.05) is 6.07 Å². The molecule has 0 spiro atoms. The van der Waals surface area contributed by atoms with E-state index < -0.39 is 5.82 Å². The minimum atomic E-state index is -0.459. The average molecular weight is 452 g/mol. The van der Waals surface area contributed by atoms with Crippen LogP contribution in [-0.2, 0) is 0 Å². The number of carbonyl (C=O) groups excluding carboxylic acids is 1. The number of rotatable bonds is 2. The first-order valence-electron chi connectivity index (χ1n) is 5.19. The molecule has 0 aliphatic heterocycles. The normalized spacial score (nSPS) is 10.3. The van der Waals surface area contributed by atoms with E-state index in [9.17, 15) is 9.18 Å². The second-order valence-corrected chi connectivity index (χ2v) is 6.24. The number of anilines is 1. The molecule has 0 radical (unpaired) electrons. The molecule has 0 aliphatic carbocycles. The highest BCUT2D eigenvalue weighted by Gasteiger charge is 2.14. The molecule has 2 aromatic rings. The summed E-state index contributed by atoms with van der Waals surface area (Å²) in [6.07, 6.45) is 0. The first-order chi connectivity index (χ1) is 8.99. The number of nitrogens with one attached hydrogen (secondary N) is 1. The number of hydrogen-bond donors (Lipinski definition) is 1. The van der Waals surface area contributed by atoms with E-state index in [1.54, 1.807) is 12.1 Å². The van der Waals surface area contributed by atoms with Crippen molar-refractivity contribution in [3.05, 3.63) is 61.2 Å². The molecule has 0 aromatic heterocycles. The average Bonchev–Trinajstić information content (AvgIpc) is 2.37. The molecular weight excluding hydrogens is 445 g/mol. The Morgan fingerprint density at radius 3 is 2.26 bits per heavy atom. The van der Waals surface area contributed by atoms with Gasteiger partial charge in [0.25, 0.3) is 5.91 Å². The minimum absolute atomic E-state index is 0.239. The van der Waals surface area contributed by atoms with Crippen molar-refractivity contribution in [1.29, 1.82) is 0 Å². The number of amides is 1. The van der Waals surface area contributed by atoms with E-state index in [1.165, 1.54) is 18.2 Å². The lowest BCUT2D eigenvalue weighted by molar-refractivity contribution is 0.102. The fourth-order valence-corrected chi connectivity index (χ4v) is 3.09. The molecule has 0 heterocycles. The molecule has 0 aliphatic rings. The minimum Gasteiger partial charge on any atom is -0.320 e. The first kappa shape index (κ1) is 14.7. The van der Waals surface area contributed by atoms with Crippen molar-refractivity contribution < 1.29 is 9.18 Å². The van der Waals surface area contributed by atoms with Crippen LogP contribution in [0.5, 0.6) is 0 Å². The molecule has 2 aromatic carbocycles. The van der Waals surface area contributed by atoms with Gasteiger partial charge in [-0.05, 0) is 78.1 Å². The largest absolute Gasteiger partial charge is 0.320 e.